The average Bonchev–Trinajstić information content (AvgIpc) is 2.93. The lowest BCUT2D eigenvalue weighted by Gasteiger charge is -2.37. The number of nitrogens with two attached hydrogens (primary N) is 1. The first kappa shape index (κ1) is 22.9. The Morgan fingerprint density at radius 3 is 2.37 bits per heavy atom. The molecule has 11 heteroatoms. The first-order chi connectivity index (χ1) is 17.1. The van der Waals surface area contributed by atoms with Crippen molar-refractivity contribution in [2.75, 3.05) is 62.0 Å². The van der Waals surface area contributed by atoms with Crippen LogP contribution in [0.1, 0.15) is 23.2 Å². The fourth-order valence-electron chi connectivity index (χ4n) is 4.38. The lowest BCUT2D eigenvalue weighted by Crippen LogP contribution is -2.46. The number of benzene rings is 1. The van der Waals surface area contributed by atoms with Crippen molar-refractivity contribution < 1.29 is 9.53 Å². The highest BCUT2D eigenvalue weighted by Crippen LogP contribution is 2.25. The van der Waals surface area contributed by atoms with E-state index in [1.807, 2.05) is 42.3 Å². The monoisotopic (exact) mass is 475 g/mol. The van der Waals surface area contributed by atoms with E-state index in [1.165, 1.54) is 0 Å². The molecule has 2 fully saturated rings. The summed E-state index contributed by atoms with van der Waals surface area (Å²) in [7, 11) is 2.00. The van der Waals surface area contributed by atoms with Gasteiger partial charge in [0.15, 0.2) is 5.82 Å². The molecule has 35 heavy (non-hydrogen) atoms. The van der Waals surface area contributed by atoms with Crippen LogP contribution in [0.4, 0.5) is 17.8 Å². The maximum absolute atomic E-state index is 12.8. The van der Waals surface area contributed by atoms with Crippen molar-refractivity contribution in [3.63, 3.8) is 0 Å². The van der Waals surface area contributed by atoms with Crippen molar-refractivity contribution in [2.24, 2.45) is 0 Å². The Balaban J connectivity index is 1.35. The number of rotatable bonds is 5. The smallest absolute Gasteiger partial charge is 0.253 e. The number of piperidine rings is 1. The number of hydrogen-bond donors (Lipinski definition) is 1. The summed E-state index contributed by atoms with van der Waals surface area (Å²) in [6.07, 6.45) is 4.90. The molecule has 2 aliphatic heterocycles. The van der Waals surface area contributed by atoms with Crippen LogP contribution in [0.5, 0.6) is 0 Å². The second-order valence-electron chi connectivity index (χ2n) is 8.69. The second kappa shape index (κ2) is 10.2. The summed E-state index contributed by atoms with van der Waals surface area (Å²) in [6, 6.07) is 9.63. The topological polar surface area (TPSA) is 126 Å². The molecule has 4 heterocycles. The zero-order valence-corrected chi connectivity index (χ0v) is 19.7. The van der Waals surface area contributed by atoms with Crippen LogP contribution in [0.25, 0.3) is 11.4 Å². The quantitative estimate of drug-likeness (QED) is 0.580. The maximum atomic E-state index is 12.8. The molecule has 3 aromatic rings. The Hall–Kier alpha value is -3.86. The third-order valence-corrected chi connectivity index (χ3v) is 6.47. The average molecular weight is 476 g/mol. The Labute approximate surface area is 204 Å². The van der Waals surface area contributed by atoms with E-state index in [-0.39, 0.29) is 17.9 Å². The van der Waals surface area contributed by atoms with Gasteiger partial charge in [0, 0.05) is 57.2 Å². The minimum atomic E-state index is 0.0760. The molecule has 0 spiro atoms. The van der Waals surface area contributed by atoms with Crippen molar-refractivity contribution in [1.29, 1.82) is 0 Å². The van der Waals surface area contributed by atoms with Crippen molar-refractivity contribution >= 4 is 23.8 Å². The Kier molecular flexibility index (Phi) is 6.66. The standard InChI is InChI=1S/C24H29N9O2/c1-31(19-7-9-32(10-8-19)21(34)17-5-3-2-4-6-17)23-28-20(18-15-26-22(25)27-16-18)29-24(30-23)33-11-13-35-14-12-33/h2-6,15-16,19H,7-14H2,1H3,(H2,25,26,27). The van der Waals surface area contributed by atoms with E-state index in [9.17, 15) is 4.79 Å². The fraction of sp³-hybridized carbons (Fsp3) is 0.417. The van der Waals surface area contributed by atoms with Crippen LogP contribution in [0, 0.1) is 0 Å². The first-order valence-corrected chi connectivity index (χ1v) is 11.8. The van der Waals surface area contributed by atoms with Gasteiger partial charge in [0.1, 0.15) is 0 Å². The second-order valence-corrected chi connectivity index (χ2v) is 8.69. The zero-order chi connectivity index (χ0) is 24.2. The van der Waals surface area contributed by atoms with Gasteiger partial charge in [-0.3, -0.25) is 4.79 Å². The molecule has 182 valence electrons. The highest BCUT2D eigenvalue weighted by Gasteiger charge is 2.28. The molecule has 0 unspecified atom stereocenters. The van der Waals surface area contributed by atoms with Crippen LogP contribution in [0.15, 0.2) is 42.7 Å². The number of likely N-dealkylation sites (tertiary alicyclic amines) is 1. The number of amides is 1. The predicted octanol–water partition coefficient (Wildman–Crippen LogP) is 1.49. The summed E-state index contributed by atoms with van der Waals surface area (Å²) in [6.45, 7) is 4.05. The van der Waals surface area contributed by atoms with E-state index in [0.29, 0.717) is 62.7 Å². The van der Waals surface area contributed by atoms with E-state index < -0.39 is 0 Å². The summed E-state index contributed by atoms with van der Waals surface area (Å²) in [5.74, 6) is 1.97. The minimum Gasteiger partial charge on any atom is -0.378 e. The van der Waals surface area contributed by atoms with Crippen molar-refractivity contribution in [3.05, 3.63) is 48.3 Å². The van der Waals surface area contributed by atoms with Gasteiger partial charge in [-0.05, 0) is 25.0 Å². The largest absolute Gasteiger partial charge is 0.378 e. The predicted molar refractivity (Wildman–Crippen MR) is 132 cm³/mol. The molecular weight excluding hydrogens is 446 g/mol. The van der Waals surface area contributed by atoms with Crippen LogP contribution < -0.4 is 15.5 Å². The molecule has 5 rings (SSSR count). The van der Waals surface area contributed by atoms with E-state index in [1.54, 1.807) is 12.4 Å². The number of aromatic nitrogens is 5. The maximum Gasteiger partial charge on any atom is 0.253 e. The number of ether oxygens (including phenoxy) is 1. The van der Waals surface area contributed by atoms with Gasteiger partial charge >= 0.3 is 0 Å². The van der Waals surface area contributed by atoms with Gasteiger partial charge in [-0.1, -0.05) is 18.2 Å². The van der Waals surface area contributed by atoms with E-state index in [0.717, 1.165) is 18.4 Å². The first-order valence-electron chi connectivity index (χ1n) is 11.8. The van der Waals surface area contributed by atoms with Gasteiger partial charge in [0.2, 0.25) is 17.8 Å². The number of carbonyl (C=O) groups excluding carboxylic acids is 1. The molecule has 1 amide bonds. The number of anilines is 3. The lowest BCUT2D eigenvalue weighted by atomic mass is 10.0. The third-order valence-electron chi connectivity index (χ3n) is 6.47. The summed E-state index contributed by atoms with van der Waals surface area (Å²) < 4.78 is 5.49. The van der Waals surface area contributed by atoms with Crippen LogP contribution in [-0.2, 0) is 4.74 Å². The van der Waals surface area contributed by atoms with Crippen LogP contribution in [0.2, 0.25) is 0 Å². The van der Waals surface area contributed by atoms with Crippen LogP contribution >= 0.6 is 0 Å². The van der Waals surface area contributed by atoms with Crippen LogP contribution in [-0.4, -0.2) is 88.2 Å². The SMILES string of the molecule is CN(c1nc(-c2cnc(N)nc2)nc(N2CCOCC2)n1)C1CCN(C(=O)c2ccccc2)CC1. The third kappa shape index (κ3) is 5.14. The van der Waals surface area contributed by atoms with E-state index in [2.05, 4.69) is 19.8 Å². The fourth-order valence-corrected chi connectivity index (χ4v) is 4.38. The zero-order valence-electron chi connectivity index (χ0n) is 19.7. The molecule has 2 aliphatic rings. The highest BCUT2D eigenvalue weighted by atomic mass is 16.5. The molecule has 2 saturated heterocycles. The molecule has 1 aromatic carbocycles. The van der Waals surface area contributed by atoms with Crippen LogP contribution in [0.3, 0.4) is 0 Å². The molecule has 0 saturated carbocycles. The van der Waals surface area contributed by atoms with E-state index >= 15 is 0 Å². The van der Waals surface area contributed by atoms with Crippen molar-refractivity contribution in [1.82, 2.24) is 29.8 Å². The van der Waals surface area contributed by atoms with Gasteiger partial charge in [0.25, 0.3) is 5.91 Å². The molecule has 0 bridgehead atoms. The van der Waals surface area contributed by atoms with Gasteiger partial charge < -0.3 is 25.2 Å². The minimum absolute atomic E-state index is 0.0760. The van der Waals surface area contributed by atoms with Gasteiger partial charge in [-0.25, -0.2) is 9.97 Å². The Morgan fingerprint density at radius 1 is 1.00 bits per heavy atom. The van der Waals surface area contributed by atoms with Gasteiger partial charge in [-0.15, -0.1) is 0 Å². The summed E-state index contributed by atoms with van der Waals surface area (Å²) in [5.41, 5.74) is 7.06. The molecule has 0 aliphatic carbocycles. The molecule has 0 radical (unpaired) electrons. The summed E-state index contributed by atoms with van der Waals surface area (Å²) in [5, 5.41) is 0. The van der Waals surface area contributed by atoms with Gasteiger partial charge in [0.05, 0.1) is 18.8 Å². The number of nitrogen functional groups attached to an aromatic ring is 1. The van der Waals surface area contributed by atoms with Crippen molar-refractivity contribution in [3.8, 4) is 11.4 Å². The number of morpholine rings is 1. The van der Waals surface area contributed by atoms with Crippen molar-refractivity contribution in [2.45, 2.75) is 18.9 Å². The lowest BCUT2D eigenvalue weighted by molar-refractivity contribution is 0.0713. The molecular formula is C24H29N9O2. The molecule has 0 atom stereocenters. The number of hydrogen-bond acceptors (Lipinski definition) is 10. The number of nitrogens with zero attached hydrogens (tertiary/aromatic N) is 8. The van der Waals surface area contributed by atoms with E-state index in [4.69, 9.17) is 25.4 Å². The summed E-state index contributed by atoms with van der Waals surface area (Å²) in [4.78, 5) is 41.4. The Bertz CT molecular complexity index is 1150. The summed E-state index contributed by atoms with van der Waals surface area (Å²) >= 11 is 0. The Morgan fingerprint density at radius 2 is 1.69 bits per heavy atom. The van der Waals surface area contributed by atoms with Gasteiger partial charge in [-0.2, -0.15) is 15.0 Å². The number of carbonyl (C=O) groups is 1. The highest BCUT2D eigenvalue weighted by molar-refractivity contribution is 5.94. The molecule has 11 nitrogen and oxygen atoms in total. The molecule has 2 aromatic heterocycles. The normalized spacial score (nSPS) is 16.8. The molecule has 2 N–H and O–H groups in total.